The summed E-state index contributed by atoms with van der Waals surface area (Å²) in [5.74, 6) is 0.862. The Morgan fingerprint density at radius 2 is 2.19 bits per heavy atom. The number of benzene rings is 1. The van der Waals surface area contributed by atoms with Crippen LogP contribution in [0.2, 0.25) is 0 Å². The molecule has 4 rings (SSSR count). The molecule has 3 heterocycles. The Morgan fingerprint density at radius 1 is 1.30 bits per heavy atom. The molecule has 0 fully saturated rings. The van der Waals surface area contributed by atoms with Crippen molar-refractivity contribution in [2.24, 2.45) is 7.05 Å². The van der Waals surface area contributed by atoms with Gasteiger partial charge in [0.25, 0.3) is 0 Å². The van der Waals surface area contributed by atoms with Gasteiger partial charge < -0.3 is 14.6 Å². The molecule has 1 aliphatic rings. The summed E-state index contributed by atoms with van der Waals surface area (Å²) in [6.45, 7) is 7.25. The number of rotatable bonds is 7. The Balaban J connectivity index is 1.62. The summed E-state index contributed by atoms with van der Waals surface area (Å²) in [4.78, 5) is 8.99. The van der Waals surface area contributed by atoms with Crippen LogP contribution in [0.4, 0.5) is 17.2 Å². The van der Waals surface area contributed by atoms with Gasteiger partial charge in [0, 0.05) is 33.0 Å². The van der Waals surface area contributed by atoms with Crippen molar-refractivity contribution < 1.29 is 4.74 Å². The van der Waals surface area contributed by atoms with Crippen molar-refractivity contribution in [2.45, 2.75) is 26.8 Å². The average Bonchev–Trinajstić information content (AvgIpc) is 3.23. The van der Waals surface area contributed by atoms with Crippen molar-refractivity contribution >= 4 is 28.2 Å². The molecule has 0 bridgehead atoms. The maximum atomic E-state index is 5.42. The van der Waals surface area contributed by atoms with Crippen LogP contribution in [-0.4, -0.2) is 34.3 Å². The molecular weight excluding hydrogens is 340 g/mol. The first-order valence-corrected chi connectivity index (χ1v) is 9.42. The number of ether oxygens (including phenoxy) is 1. The molecule has 27 heavy (non-hydrogen) atoms. The standard InChI is InChI=1S/C20H26N6O/c1-4-27-9-5-8-21-19-18-17(12-25(3)20(18)23-13-22-19)26-11-15-7-6-14(2)10-16(15)24-26/h6-7,10,12-13,24H,4-5,8-9,11H2,1-3H3,(H,21,22,23). The number of hydrogen-bond acceptors (Lipinski definition) is 6. The molecule has 0 aliphatic carbocycles. The van der Waals surface area contributed by atoms with Gasteiger partial charge in [-0.2, -0.15) is 0 Å². The van der Waals surface area contributed by atoms with Gasteiger partial charge in [-0.15, -0.1) is 0 Å². The van der Waals surface area contributed by atoms with E-state index in [0.717, 1.165) is 61.0 Å². The number of aromatic nitrogens is 3. The Kier molecular flexibility index (Phi) is 4.85. The smallest absolute Gasteiger partial charge is 0.147 e. The van der Waals surface area contributed by atoms with Gasteiger partial charge in [-0.1, -0.05) is 12.1 Å². The molecule has 0 atom stereocenters. The topological polar surface area (TPSA) is 67.2 Å². The van der Waals surface area contributed by atoms with E-state index in [1.807, 2.05) is 18.5 Å². The number of nitrogens with zero attached hydrogens (tertiary/aromatic N) is 4. The SMILES string of the molecule is CCOCCCNc1ncnc2c1c(N1Cc3ccc(C)cc3N1)cn2C. The second-order valence-corrected chi connectivity index (χ2v) is 6.88. The maximum Gasteiger partial charge on any atom is 0.147 e. The molecular formula is C20H26N6O. The fraction of sp³-hybridized carbons (Fsp3) is 0.400. The fourth-order valence-corrected chi connectivity index (χ4v) is 3.49. The van der Waals surface area contributed by atoms with E-state index in [9.17, 15) is 0 Å². The van der Waals surface area contributed by atoms with Gasteiger partial charge in [-0.3, -0.25) is 10.4 Å². The molecule has 0 unspecified atom stereocenters. The van der Waals surface area contributed by atoms with Gasteiger partial charge >= 0.3 is 0 Å². The third kappa shape index (κ3) is 3.42. The summed E-state index contributed by atoms with van der Waals surface area (Å²) in [7, 11) is 2.02. The summed E-state index contributed by atoms with van der Waals surface area (Å²) in [5, 5.41) is 6.66. The minimum absolute atomic E-state index is 0.751. The van der Waals surface area contributed by atoms with Crippen molar-refractivity contribution in [1.82, 2.24) is 14.5 Å². The zero-order valence-corrected chi connectivity index (χ0v) is 16.1. The normalized spacial score (nSPS) is 13.1. The maximum absolute atomic E-state index is 5.42. The molecule has 0 saturated carbocycles. The Morgan fingerprint density at radius 3 is 3.04 bits per heavy atom. The molecule has 7 heteroatoms. The lowest BCUT2D eigenvalue weighted by Crippen LogP contribution is -2.22. The average molecular weight is 366 g/mol. The first-order valence-electron chi connectivity index (χ1n) is 9.42. The monoisotopic (exact) mass is 366 g/mol. The third-order valence-corrected chi connectivity index (χ3v) is 4.84. The van der Waals surface area contributed by atoms with Gasteiger partial charge in [0.1, 0.15) is 17.8 Å². The van der Waals surface area contributed by atoms with Crippen LogP contribution in [0.3, 0.4) is 0 Å². The number of aryl methyl sites for hydroxylation is 2. The summed E-state index contributed by atoms with van der Waals surface area (Å²) < 4.78 is 7.47. The number of hydrogen-bond donors (Lipinski definition) is 2. The predicted octanol–water partition coefficient (Wildman–Crippen LogP) is 3.46. The Labute approximate surface area is 159 Å². The Hall–Kier alpha value is -2.80. The first kappa shape index (κ1) is 17.6. The van der Waals surface area contributed by atoms with Gasteiger partial charge in [0.05, 0.1) is 23.3 Å². The van der Waals surface area contributed by atoms with E-state index in [1.54, 1.807) is 6.33 Å². The van der Waals surface area contributed by atoms with Gasteiger partial charge in [0.2, 0.25) is 0 Å². The minimum Gasteiger partial charge on any atom is -0.382 e. The lowest BCUT2D eigenvalue weighted by Gasteiger charge is -2.18. The molecule has 0 saturated heterocycles. The lowest BCUT2D eigenvalue weighted by molar-refractivity contribution is 0.147. The first-order chi connectivity index (χ1) is 13.2. The van der Waals surface area contributed by atoms with E-state index in [1.165, 1.54) is 11.1 Å². The van der Waals surface area contributed by atoms with Crippen LogP contribution < -0.4 is 15.8 Å². The van der Waals surface area contributed by atoms with Crippen molar-refractivity contribution in [3.63, 3.8) is 0 Å². The highest BCUT2D eigenvalue weighted by Gasteiger charge is 2.24. The third-order valence-electron chi connectivity index (χ3n) is 4.84. The molecule has 0 spiro atoms. The summed E-state index contributed by atoms with van der Waals surface area (Å²) in [6, 6.07) is 6.53. The van der Waals surface area contributed by atoms with Gasteiger partial charge in [0.15, 0.2) is 0 Å². The highest BCUT2D eigenvalue weighted by molar-refractivity contribution is 6.00. The largest absolute Gasteiger partial charge is 0.382 e. The van der Waals surface area contributed by atoms with Crippen LogP contribution >= 0.6 is 0 Å². The number of fused-ring (bicyclic) bond motifs is 2. The van der Waals surface area contributed by atoms with Crippen molar-refractivity contribution in [3.8, 4) is 0 Å². The second kappa shape index (κ2) is 7.44. The van der Waals surface area contributed by atoms with E-state index in [4.69, 9.17) is 4.74 Å². The van der Waals surface area contributed by atoms with Gasteiger partial charge in [-0.25, -0.2) is 9.97 Å². The lowest BCUT2D eigenvalue weighted by atomic mass is 10.1. The molecule has 7 nitrogen and oxygen atoms in total. The highest BCUT2D eigenvalue weighted by Crippen LogP contribution is 2.37. The quantitative estimate of drug-likeness (QED) is 0.624. The molecule has 1 aromatic carbocycles. The van der Waals surface area contributed by atoms with Crippen molar-refractivity contribution in [3.05, 3.63) is 41.9 Å². The van der Waals surface area contributed by atoms with Crippen LogP contribution in [0, 0.1) is 6.92 Å². The minimum atomic E-state index is 0.751. The number of hydrazine groups is 1. The summed E-state index contributed by atoms with van der Waals surface area (Å²) in [5.41, 5.74) is 9.23. The summed E-state index contributed by atoms with van der Waals surface area (Å²) >= 11 is 0. The summed E-state index contributed by atoms with van der Waals surface area (Å²) in [6.07, 6.45) is 4.66. The van der Waals surface area contributed by atoms with Crippen LogP contribution in [0.1, 0.15) is 24.5 Å². The van der Waals surface area contributed by atoms with E-state index >= 15 is 0 Å². The molecule has 2 N–H and O–H groups in total. The zero-order chi connectivity index (χ0) is 18.8. The fourth-order valence-electron chi connectivity index (χ4n) is 3.49. The van der Waals surface area contributed by atoms with Crippen LogP contribution in [0.15, 0.2) is 30.7 Å². The Bertz CT molecular complexity index is 951. The number of nitrogens with one attached hydrogen (secondary N) is 2. The second-order valence-electron chi connectivity index (χ2n) is 6.88. The molecule has 0 radical (unpaired) electrons. The molecule has 1 aliphatic heterocycles. The molecule has 142 valence electrons. The number of anilines is 3. The van der Waals surface area contributed by atoms with Crippen molar-refractivity contribution in [1.29, 1.82) is 0 Å². The van der Waals surface area contributed by atoms with Crippen molar-refractivity contribution in [2.75, 3.05) is 35.5 Å². The van der Waals surface area contributed by atoms with Crippen LogP contribution in [0.25, 0.3) is 11.0 Å². The van der Waals surface area contributed by atoms with E-state index in [-0.39, 0.29) is 0 Å². The predicted molar refractivity (Wildman–Crippen MR) is 109 cm³/mol. The van der Waals surface area contributed by atoms with E-state index in [2.05, 4.69) is 57.0 Å². The molecule has 0 amide bonds. The molecule has 3 aromatic rings. The van der Waals surface area contributed by atoms with Gasteiger partial charge in [-0.05, 0) is 37.5 Å². The van der Waals surface area contributed by atoms with E-state index in [0.29, 0.717) is 0 Å². The van der Waals surface area contributed by atoms with Crippen LogP contribution in [-0.2, 0) is 18.3 Å². The van der Waals surface area contributed by atoms with Crippen LogP contribution in [0.5, 0.6) is 0 Å². The van der Waals surface area contributed by atoms with E-state index < -0.39 is 0 Å². The highest BCUT2D eigenvalue weighted by atomic mass is 16.5. The zero-order valence-electron chi connectivity index (χ0n) is 16.1. The molecule has 2 aromatic heterocycles.